The average molecular weight is 291 g/mol. The molecule has 1 N–H and O–H groups in total. The van der Waals surface area contributed by atoms with Crippen molar-refractivity contribution in [2.75, 3.05) is 7.05 Å². The van der Waals surface area contributed by atoms with E-state index in [-0.39, 0.29) is 11.7 Å². The second-order valence-electron chi connectivity index (χ2n) is 4.63. The lowest BCUT2D eigenvalue weighted by molar-refractivity contribution is 0.0785. The van der Waals surface area contributed by atoms with Crippen molar-refractivity contribution in [3.05, 3.63) is 58.4 Å². The maximum Gasteiger partial charge on any atom is 0.256 e. The number of benzene rings is 1. The van der Waals surface area contributed by atoms with E-state index in [1.807, 2.05) is 6.92 Å². The molecule has 0 bridgehead atoms. The van der Waals surface area contributed by atoms with Gasteiger partial charge < -0.3 is 10.0 Å². The van der Waals surface area contributed by atoms with E-state index in [4.69, 9.17) is 11.6 Å². The van der Waals surface area contributed by atoms with E-state index in [0.717, 1.165) is 11.3 Å². The molecule has 0 aliphatic heterocycles. The number of pyridine rings is 1. The first-order chi connectivity index (χ1) is 9.47. The van der Waals surface area contributed by atoms with Gasteiger partial charge in [-0.2, -0.15) is 0 Å². The standard InChI is InChI=1S/C15H15ClN2O2/c1-10-7-14(16)13(8-17-10)15(20)18(2)9-11-3-5-12(19)6-4-11/h3-8,19H,9H2,1-2H3. The largest absolute Gasteiger partial charge is 0.508 e. The number of carbonyl (C=O) groups is 1. The molecule has 0 atom stereocenters. The SMILES string of the molecule is Cc1cc(Cl)c(C(=O)N(C)Cc2ccc(O)cc2)cn1. The van der Waals surface area contributed by atoms with E-state index in [9.17, 15) is 9.90 Å². The van der Waals surface area contributed by atoms with Gasteiger partial charge in [0.15, 0.2) is 0 Å². The van der Waals surface area contributed by atoms with Crippen LogP contribution in [-0.4, -0.2) is 27.9 Å². The van der Waals surface area contributed by atoms with Crippen LogP contribution in [-0.2, 0) is 6.54 Å². The maximum atomic E-state index is 12.3. The number of aryl methyl sites for hydroxylation is 1. The number of carbonyl (C=O) groups excluding carboxylic acids is 1. The summed E-state index contributed by atoms with van der Waals surface area (Å²) in [7, 11) is 1.70. The van der Waals surface area contributed by atoms with Gasteiger partial charge in [0.2, 0.25) is 0 Å². The number of hydrogen-bond acceptors (Lipinski definition) is 3. The zero-order valence-corrected chi connectivity index (χ0v) is 12.1. The molecular weight excluding hydrogens is 276 g/mol. The summed E-state index contributed by atoms with van der Waals surface area (Å²) in [6.45, 7) is 2.25. The van der Waals surface area contributed by atoms with Crippen molar-refractivity contribution in [1.29, 1.82) is 0 Å². The van der Waals surface area contributed by atoms with E-state index in [1.165, 1.54) is 6.20 Å². The summed E-state index contributed by atoms with van der Waals surface area (Å²) in [6.07, 6.45) is 1.49. The lowest BCUT2D eigenvalue weighted by atomic mass is 10.2. The minimum absolute atomic E-state index is 0.185. The zero-order valence-electron chi connectivity index (χ0n) is 11.3. The first kappa shape index (κ1) is 14.3. The molecule has 0 unspecified atom stereocenters. The molecule has 0 fully saturated rings. The molecule has 0 spiro atoms. The molecule has 2 aromatic rings. The van der Waals surface area contributed by atoms with Crippen LogP contribution in [0.3, 0.4) is 0 Å². The van der Waals surface area contributed by atoms with Gasteiger partial charge in [0, 0.05) is 25.5 Å². The van der Waals surface area contributed by atoms with Crippen molar-refractivity contribution in [2.24, 2.45) is 0 Å². The predicted octanol–water partition coefficient (Wildman–Crippen LogP) is 3.02. The molecule has 20 heavy (non-hydrogen) atoms. The molecule has 5 heteroatoms. The van der Waals surface area contributed by atoms with Gasteiger partial charge in [0.05, 0.1) is 10.6 Å². The number of amides is 1. The molecule has 1 aromatic carbocycles. The van der Waals surface area contributed by atoms with Crippen LogP contribution in [0, 0.1) is 6.92 Å². The summed E-state index contributed by atoms with van der Waals surface area (Å²) in [5.74, 6) is 0.0177. The second-order valence-corrected chi connectivity index (χ2v) is 5.04. The molecule has 1 aromatic heterocycles. The lowest BCUT2D eigenvalue weighted by Gasteiger charge is -2.18. The third kappa shape index (κ3) is 3.27. The highest BCUT2D eigenvalue weighted by Crippen LogP contribution is 2.18. The Hall–Kier alpha value is -2.07. The van der Waals surface area contributed by atoms with Crippen molar-refractivity contribution in [3.8, 4) is 5.75 Å². The molecule has 0 aliphatic carbocycles. The Morgan fingerprint density at radius 2 is 2.00 bits per heavy atom. The third-order valence-electron chi connectivity index (χ3n) is 2.92. The minimum Gasteiger partial charge on any atom is -0.508 e. The molecule has 2 rings (SSSR count). The Bertz CT molecular complexity index is 626. The fraction of sp³-hybridized carbons (Fsp3) is 0.200. The zero-order chi connectivity index (χ0) is 14.7. The monoisotopic (exact) mass is 290 g/mol. The first-order valence-electron chi connectivity index (χ1n) is 6.13. The lowest BCUT2D eigenvalue weighted by Crippen LogP contribution is -2.26. The fourth-order valence-corrected chi connectivity index (χ4v) is 2.12. The molecule has 1 amide bonds. The van der Waals surface area contributed by atoms with Crippen LogP contribution in [0.1, 0.15) is 21.6 Å². The highest BCUT2D eigenvalue weighted by atomic mass is 35.5. The van der Waals surface area contributed by atoms with Crippen molar-refractivity contribution in [2.45, 2.75) is 13.5 Å². The van der Waals surface area contributed by atoms with E-state index >= 15 is 0 Å². The molecule has 104 valence electrons. The van der Waals surface area contributed by atoms with Gasteiger partial charge in [-0.05, 0) is 30.7 Å². The summed E-state index contributed by atoms with van der Waals surface area (Å²) in [4.78, 5) is 18.0. The number of phenols is 1. The maximum absolute atomic E-state index is 12.3. The van der Waals surface area contributed by atoms with Gasteiger partial charge in [-0.25, -0.2) is 0 Å². The third-order valence-corrected chi connectivity index (χ3v) is 3.24. The number of rotatable bonds is 3. The Morgan fingerprint density at radius 3 is 2.60 bits per heavy atom. The Kier molecular flexibility index (Phi) is 4.25. The molecule has 0 aliphatic rings. The molecule has 0 radical (unpaired) electrons. The average Bonchev–Trinajstić information content (AvgIpc) is 2.40. The van der Waals surface area contributed by atoms with Crippen LogP contribution in [0.5, 0.6) is 5.75 Å². The second kappa shape index (κ2) is 5.92. The minimum atomic E-state index is -0.185. The number of halogens is 1. The van der Waals surface area contributed by atoms with Crippen molar-refractivity contribution in [1.82, 2.24) is 9.88 Å². The Morgan fingerprint density at radius 1 is 1.35 bits per heavy atom. The first-order valence-corrected chi connectivity index (χ1v) is 6.50. The van der Waals surface area contributed by atoms with Crippen molar-refractivity contribution in [3.63, 3.8) is 0 Å². The van der Waals surface area contributed by atoms with Crippen LogP contribution in [0.25, 0.3) is 0 Å². The van der Waals surface area contributed by atoms with E-state index in [1.54, 1.807) is 42.3 Å². The molecule has 0 saturated heterocycles. The normalized spacial score (nSPS) is 10.3. The number of aromatic nitrogens is 1. The van der Waals surface area contributed by atoms with Gasteiger partial charge in [0.1, 0.15) is 5.75 Å². The van der Waals surface area contributed by atoms with Crippen LogP contribution in [0.2, 0.25) is 5.02 Å². The predicted molar refractivity (Wildman–Crippen MR) is 77.9 cm³/mol. The number of aromatic hydroxyl groups is 1. The van der Waals surface area contributed by atoms with Gasteiger partial charge in [-0.3, -0.25) is 9.78 Å². The van der Waals surface area contributed by atoms with Gasteiger partial charge in [-0.1, -0.05) is 23.7 Å². The Labute approximate surface area is 122 Å². The summed E-state index contributed by atoms with van der Waals surface area (Å²) < 4.78 is 0. The van der Waals surface area contributed by atoms with E-state index in [0.29, 0.717) is 17.1 Å². The summed E-state index contributed by atoms with van der Waals surface area (Å²) in [5, 5.41) is 9.64. The smallest absolute Gasteiger partial charge is 0.256 e. The quantitative estimate of drug-likeness (QED) is 0.945. The number of hydrogen-bond donors (Lipinski definition) is 1. The summed E-state index contributed by atoms with van der Waals surface area (Å²) in [6, 6.07) is 8.40. The van der Waals surface area contributed by atoms with Crippen LogP contribution < -0.4 is 0 Å². The van der Waals surface area contributed by atoms with Crippen molar-refractivity contribution >= 4 is 17.5 Å². The van der Waals surface area contributed by atoms with Crippen LogP contribution in [0.4, 0.5) is 0 Å². The topological polar surface area (TPSA) is 53.4 Å². The molecule has 1 heterocycles. The fourth-order valence-electron chi connectivity index (χ4n) is 1.84. The van der Waals surface area contributed by atoms with Crippen LogP contribution in [0.15, 0.2) is 36.5 Å². The highest BCUT2D eigenvalue weighted by Gasteiger charge is 2.16. The van der Waals surface area contributed by atoms with Gasteiger partial charge >= 0.3 is 0 Å². The van der Waals surface area contributed by atoms with E-state index < -0.39 is 0 Å². The van der Waals surface area contributed by atoms with Gasteiger partial charge in [0.25, 0.3) is 5.91 Å². The highest BCUT2D eigenvalue weighted by molar-refractivity contribution is 6.33. The van der Waals surface area contributed by atoms with Crippen LogP contribution >= 0.6 is 11.6 Å². The molecular formula is C15H15ClN2O2. The molecule has 4 nitrogen and oxygen atoms in total. The van der Waals surface area contributed by atoms with E-state index in [2.05, 4.69) is 4.98 Å². The Balaban J connectivity index is 2.14. The van der Waals surface area contributed by atoms with Crippen molar-refractivity contribution < 1.29 is 9.90 Å². The summed E-state index contributed by atoms with van der Waals surface area (Å²) in [5.41, 5.74) is 2.08. The molecule has 0 saturated carbocycles. The number of nitrogens with zero attached hydrogens (tertiary/aromatic N) is 2. The van der Waals surface area contributed by atoms with Gasteiger partial charge in [-0.15, -0.1) is 0 Å². The number of phenolic OH excluding ortho intramolecular Hbond substituents is 1. The summed E-state index contributed by atoms with van der Waals surface area (Å²) >= 11 is 6.07.